The number of halogens is 1. The molecule has 1 fully saturated rings. The van der Waals surface area contributed by atoms with Crippen LogP contribution in [0, 0.1) is 5.41 Å². The van der Waals surface area contributed by atoms with Gasteiger partial charge >= 0.3 is 0 Å². The van der Waals surface area contributed by atoms with E-state index in [1.807, 2.05) is 10.9 Å². The van der Waals surface area contributed by atoms with E-state index in [0.717, 1.165) is 49.2 Å². The zero-order valence-corrected chi connectivity index (χ0v) is 17.8. The van der Waals surface area contributed by atoms with Crippen LogP contribution in [0.25, 0.3) is 11.1 Å². The molecule has 154 valence electrons. The van der Waals surface area contributed by atoms with Crippen molar-refractivity contribution < 1.29 is 9.59 Å². The Hall–Kier alpha value is -2.41. The van der Waals surface area contributed by atoms with Gasteiger partial charge in [-0.2, -0.15) is 5.10 Å². The summed E-state index contributed by atoms with van der Waals surface area (Å²) in [6, 6.07) is 1.77. The van der Waals surface area contributed by atoms with Crippen LogP contribution in [0.3, 0.4) is 0 Å². The molecule has 1 saturated heterocycles. The number of hydrogen-bond acceptors (Lipinski definition) is 4. The summed E-state index contributed by atoms with van der Waals surface area (Å²) in [5.74, 6) is 0.328. The lowest BCUT2D eigenvalue weighted by Gasteiger charge is -2.22. The Kier molecular flexibility index (Phi) is 5.11. The van der Waals surface area contributed by atoms with Crippen molar-refractivity contribution in [1.82, 2.24) is 19.7 Å². The molecule has 0 radical (unpaired) electrons. The highest BCUT2D eigenvalue weighted by molar-refractivity contribution is 6.33. The van der Waals surface area contributed by atoms with Crippen molar-refractivity contribution in [2.45, 2.75) is 59.0 Å². The lowest BCUT2D eigenvalue weighted by atomic mass is 9.89. The number of carbonyl (C=O) groups is 2. The summed E-state index contributed by atoms with van der Waals surface area (Å²) in [6.45, 7) is 7.59. The quantitative estimate of drug-likeness (QED) is 0.828. The molecule has 2 aliphatic rings. The normalized spacial score (nSPS) is 20.0. The van der Waals surface area contributed by atoms with E-state index in [2.05, 4.69) is 29.2 Å². The number of amides is 2. The van der Waals surface area contributed by atoms with E-state index < -0.39 is 0 Å². The van der Waals surface area contributed by atoms with E-state index in [4.69, 9.17) is 11.6 Å². The minimum atomic E-state index is -0.148. The van der Waals surface area contributed by atoms with Gasteiger partial charge in [0.15, 0.2) is 0 Å². The number of nitrogens with zero attached hydrogens (tertiary/aromatic N) is 4. The third-order valence-electron chi connectivity index (χ3n) is 5.79. The number of aromatic nitrogens is 3. The predicted octanol–water partition coefficient (Wildman–Crippen LogP) is 3.52. The number of anilines is 1. The molecule has 7 nitrogen and oxygen atoms in total. The predicted molar refractivity (Wildman–Crippen MR) is 112 cm³/mol. The van der Waals surface area contributed by atoms with Crippen molar-refractivity contribution >= 4 is 29.2 Å². The molecule has 8 heteroatoms. The number of hydrogen-bond donors (Lipinski definition) is 1. The number of rotatable bonds is 4. The van der Waals surface area contributed by atoms with Gasteiger partial charge in [0.25, 0.3) is 0 Å². The largest absolute Gasteiger partial charge is 0.339 e. The van der Waals surface area contributed by atoms with Crippen LogP contribution >= 0.6 is 11.6 Å². The molecule has 2 aromatic heterocycles. The summed E-state index contributed by atoms with van der Waals surface area (Å²) in [7, 11) is 0. The first-order valence-corrected chi connectivity index (χ1v) is 10.4. The van der Waals surface area contributed by atoms with Crippen LogP contribution in [0.15, 0.2) is 18.5 Å². The van der Waals surface area contributed by atoms with Gasteiger partial charge in [-0.1, -0.05) is 25.4 Å². The lowest BCUT2D eigenvalue weighted by molar-refractivity contribution is -0.130. The summed E-state index contributed by atoms with van der Waals surface area (Å²) < 4.78 is 2.03. The molecular formula is C21H26ClN5O2. The molecule has 1 N–H and O–H groups in total. The molecule has 29 heavy (non-hydrogen) atoms. The minimum Gasteiger partial charge on any atom is -0.339 e. The Bertz CT molecular complexity index is 968. The van der Waals surface area contributed by atoms with E-state index in [1.54, 1.807) is 24.1 Å². The number of fused-ring (bicyclic) bond motifs is 1. The van der Waals surface area contributed by atoms with Crippen molar-refractivity contribution in [2.75, 3.05) is 11.9 Å². The van der Waals surface area contributed by atoms with E-state index in [-0.39, 0.29) is 29.7 Å². The lowest BCUT2D eigenvalue weighted by Crippen LogP contribution is -2.36. The van der Waals surface area contributed by atoms with E-state index in [9.17, 15) is 9.59 Å². The Morgan fingerprint density at radius 3 is 2.86 bits per heavy atom. The van der Waals surface area contributed by atoms with Crippen LogP contribution in [-0.4, -0.2) is 44.1 Å². The van der Waals surface area contributed by atoms with E-state index in [1.165, 1.54) is 0 Å². The highest BCUT2D eigenvalue weighted by Crippen LogP contribution is 2.39. The molecule has 1 atom stereocenters. The van der Waals surface area contributed by atoms with Crippen LogP contribution < -0.4 is 5.32 Å². The average Bonchev–Trinajstić information content (AvgIpc) is 3.30. The summed E-state index contributed by atoms with van der Waals surface area (Å²) in [5, 5.41) is 7.90. The zero-order chi connectivity index (χ0) is 20.8. The molecule has 2 aromatic rings. The third kappa shape index (κ3) is 4.01. The maximum absolute atomic E-state index is 12.6. The minimum absolute atomic E-state index is 0.0187. The van der Waals surface area contributed by atoms with E-state index >= 15 is 0 Å². The van der Waals surface area contributed by atoms with Crippen LogP contribution in [0.5, 0.6) is 0 Å². The van der Waals surface area contributed by atoms with Crippen molar-refractivity contribution in [3.8, 4) is 11.1 Å². The molecule has 0 unspecified atom stereocenters. The van der Waals surface area contributed by atoms with Gasteiger partial charge in [-0.15, -0.1) is 0 Å². The zero-order valence-electron chi connectivity index (χ0n) is 17.0. The molecule has 2 aliphatic heterocycles. The highest BCUT2D eigenvalue weighted by atomic mass is 35.5. The number of pyridine rings is 1. The smallest absolute Gasteiger partial charge is 0.227 e. The fourth-order valence-electron chi connectivity index (χ4n) is 4.46. The molecule has 0 saturated carbocycles. The second-order valence-corrected chi connectivity index (χ2v) is 9.22. The van der Waals surface area contributed by atoms with Crippen molar-refractivity contribution in [2.24, 2.45) is 5.41 Å². The van der Waals surface area contributed by atoms with Crippen molar-refractivity contribution in [1.29, 1.82) is 0 Å². The van der Waals surface area contributed by atoms with Crippen LogP contribution in [0.4, 0.5) is 5.82 Å². The average molecular weight is 416 g/mol. The monoisotopic (exact) mass is 415 g/mol. The Morgan fingerprint density at radius 2 is 2.10 bits per heavy atom. The van der Waals surface area contributed by atoms with Crippen molar-refractivity contribution in [3.63, 3.8) is 0 Å². The second-order valence-electron chi connectivity index (χ2n) is 8.81. The Labute approximate surface area is 175 Å². The number of nitrogens with one attached hydrogen (secondary N) is 1. The van der Waals surface area contributed by atoms with Crippen molar-refractivity contribution in [3.05, 3.63) is 29.2 Å². The molecule has 0 aliphatic carbocycles. The fraction of sp³-hybridized carbons (Fsp3) is 0.524. The van der Waals surface area contributed by atoms with Gasteiger partial charge in [0.05, 0.1) is 11.2 Å². The third-order valence-corrected chi connectivity index (χ3v) is 6.09. The molecular weight excluding hydrogens is 390 g/mol. The van der Waals surface area contributed by atoms with Gasteiger partial charge in [-0.05, 0) is 30.7 Å². The fourth-order valence-corrected chi connectivity index (χ4v) is 4.66. The molecule has 4 heterocycles. The van der Waals surface area contributed by atoms with Gasteiger partial charge in [0, 0.05) is 55.5 Å². The first-order valence-electron chi connectivity index (χ1n) is 10.0. The molecule has 0 spiro atoms. The van der Waals surface area contributed by atoms with Gasteiger partial charge < -0.3 is 10.2 Å². The van der Waals surface area contributed by atoms with Crippen LogP contribution in [-0.2, 0) is 22.6 Å². The highest BCUT2D eigenvalue weighted by Gasteiger charge is 2.32. The summed E-state index contributed by atoms with van der Waals surface area (Å²) in [4.78, 5) is 30.3. The Morgan fingerprint density at radius 1 is 1.31 bits per heavy atom. The van der Waals surface area contributed by atoms with Crippen LogP contribution in [0.1, 0.15) is 45.7 Å². The van der Waals surface area contributed by atoms with E-state index in [0.29, 0.717) is 10.8 Å². The van der Waals surface area contributed by atoms with Gasteiger partial charge in [-0.25, -0.2) is 4.98 Å². The number of carbonyl (C=O) groups excluding carboxylic acids is 2. The maximum Gasteiger partial charge on any atom is 0.227 e. The second kappa shape index (κ2) is 7.44. The molecule has 0 bridgehead atoms. The molecule has 0 aromatic carbocycles. The molecule has 2 amide bonds. The first-order chi connectivity index (χ1) is 13.7. The van der Waals surface area contributed by atoms with Gasteiger partial charge in [0.1, 0.15) is 5.82 Å². The Balaban J connectivity index is 1.51. The molecule has 4 rings (SSSR count). The van der Waals surface area contributed by atoms with Gasteiger partial charge in [0.2, 0.25) is 11.8 Å². The SMILES string of the molecule is CC(=O)N1CCC[C@H]1CC(=O)Nc1cc(-c2cnn3c2CC(C)(C)C3)c(Cl)cn1. The summed E-state index contributed by atoms with van der Waals surface area (Å²) in [5.41, 5.74) is 3.13. The summed E-state index contributed by atoms with van der Waals surface area (Å²) >= 11 is 6.43. The van der Waals surface area contributed by atoms with Gasteiger partial charge in [-0.3, -0.25) is 14.3 Å². The maximum atomic E-state index is 12.6. The topological polar surface area (TPSA) is 80.1 Å². The first kappa shape index (κ1) is 19.9. The summed E-state index contributed by atoms with van der Waals surface area (Å²) in [6.07, 6.45) is 6.38. The number of likely N-dealkylation sites (tertiary alicyclic amines) is 1. The standard InChI is InChI=1S/C21H26ClN5O2/c1-13(28)26-6-4-5-14(26)7-20(29)25-19-8-15(17(22)11-23-19)16-10-24-27-12-21(2,3)9-18(16)27/h8,10-11,14H,4-7,9,12H2,1-3H3,(H,23,25,29)/t14-/m0/s1. The van der Waals surface area contributed by atoms with Crippen LogP contribution in [0.2, 0.25) is 5.02 Å².